The fourth-order valence-corrected chi connectivity index (χ4v) is 0.997. The lowest BCUT2D eigenvalue weighted by Gasteiger charge is -2.12. The summed E-state index contributed by atoms with van der Waals surface area (Å²) in [4.78, 5) is 21.9. The van der Waals surface area contributed by atoms with Crippen LogP contribution < -0.4 is 5.32 Å². The van der Waals surface area contributed by atoms with Gasteiger partial charge in [0.2, 0.25) is 5.91 Å². The molecule has 0 spiro atoms. The first-order valence-corrected chi connectivity index (χ1v) is 4.25. The monoisotopic (exact) mass is 207 g/mol. The van der Waals surface area contributed by atoms with Crippen LogP contribution in [0.1, 0.15) is 6.92 Å². The first-order valence-electron chi connectivity index (χ1n) is 3.81. The molecule has 1 fully saturated rings. The third-order valence-corrected chi connectivity index (χ3v) is 1.89. The van der Waals surface area contributed by atoms with E-state index in [-0.39, 0.29) is 6.61 Å². The van der Waals surface area contributed by atoms with E-state index in [0.29, 0.717) is 0 Å². The Labute approximate surface area is 80.0 Å². The van der Waals surface area contributed by atoms with E-state index in [1.165, 1.54) is 6.92 Å². The second kappa shape index (κ2) is 3.93. The molecule has 0 saturated carbocycles. The predicted molar refractivity (Wildman–Crippen MR) is 44.2 cm³/mol. The fourth-order valence-electron chi connectivity index (χ4n) is 0.934. The number of hydrogen-bond acceptors (Lipinski definition) is 4. The highest BCUT2D eigenvalue weighted by atomic mass is 35.5. The van der Waals surface area contributed by atoms with E-state index in [4.69, 9.17) is 11.6 Å². The minimum Gasteiger partial charge on any atom is -0.461 e. The van der Waals surface area contributed by atoms with E-state index in [1.807, 2.05) is 0 Å². The van der Waals surface area contributed by atoms with Crippen molar-refractivity contribution in [3.63, 3.8) is 0 Å². The molecule has 1 aliphatic heterocycles. The van der Waals surface area contributed by atoms with Crippen molar-refractivity contribution in [3.8, 4) is 0 Å². The van der Waals surface area contributed by atoms with Gasteiger partial charge in [-0.15, -0.1) is 11.6 Å². The zero-order chi connectivity index (χ0) is 10.0. The molecule has 74 valence electrons. The number of hydrogen-bond donors (Lipinski definition) is 2. The maximum atomic E-state index is 11.0. The molecule has 5 nitrogen and oxygen atoms in total. The number of esters is 1. The summed E-state index contributed by atoms with van der Waals surface area (Å²) in [5.74, 6) is -1.12. The number of cyclic esters (lactones) is 1. The number of carbonyl (C=O) groups is 2. The fraction of sp³-hybridized carbons (Fsp3) is 0.714. The largest absolute Gasteiger partial charge is 0.461 e. The van der Waals surface area contributed by atoms with Gasteiger partial charge in [-0.05, 0) is 6.92 Å². The van der Waals surface area contributed by atoms with Gasteiger partial charge in [0.15, 0.2) is 6.04 Å². The Morgan fingerprint density at radius 1 is 1.85 bits per heavy atom. The molecule has 2 N–H and O–H groups in total. The molecule has 3 atom stereocenters. The van der Waals surface area contributed by atoms with Crippen molar-refractivity contribution in [2.45, 2.75) is 24.4 Å². The van der Waals surface area contributed by atoms with E-state index in [2.05, 4.69) is 10.1 Å². The number of alkyl halides is 1. The Bertz CT molecular complexity index is 231. The average molecular weight is 208 g/mol. The lowest BCUT2D eigenvalue weighted by atomic mass is 10.2. The molecular formula is C7H10ClNO4. The highest BCUT2D eigenvalue weighted by molar-refractivity contribution is 6.30. The van der Waals surface area contributed by atoms with Crippen LogP contribution >= 0.6 is 11.6 Å². The second-order valence-corrected chi connectivity index (χ2v) is 3.45. The van der Waals surface area contributed by atoms with Crippen LogP contribution in [0.25, 0.3) is 0 Å². The minimum absolute atomic E-state index is 0.0829. The normalized spacial score (nSPS) is 29.6. The van der Waals surface area contributed by atoms with Gasteiger partial charge in [0.25, 0.3) is 0 Å². The summed E-state index contributed by atoms with van der Waals surface area (Å²) in [6.45, 7) is 1.39. The number of rotatable bonds is 2. The Kier molecular flexibility index (Phi) is 3.11. The molecule has 0 aromatic heterocycles. The van der Waals surface area contributed by atoms with Gasteiger partial charge in [-0.3, -0.25) is 4.79 Å². The topological polar surface area (TPSA) is 75.6 Å². The van der Waals surface area contributed by atoms with Gasteiger partial charge < -0.3 is 15.2 Å². The maximum Gasteiger partial charge on any atom is 0.331 e. The molecule has 6 heteroatoms. The summed E-state index contributed by atoms with van der Waals surface area (Å²) in [5.41, 5.74) is 0. The van der Waals surface area contributed by atoms with E-state index in [1.54, 1.807) is 0 Å². The van der Waals surface area contributed by atoms with E-state index >= 15 is 0 Å². The number of aliphatic hydroxyl groups excluding tert-OH is 1. The average Bonchev–Trinajstić information content (AvgIpc) is 2.35. The van der Waals surface area contributed by atoms with Crippen molar-refractivity contribution < 1.29 is 19.4 Å². The molecule has 1 rings (SSSR count). The van der Waals surface area contributed by atoms with Gasteiger partial charge in [0, 0.05) is 0 Å². The molecule has 3 unspecified atom stereocenters. The molecule has 1 heterocycles. The van der Waals surface area contributed by atoms with Crippen LogP contribution in [0, 0.1) is 0 Å². The molecule has 0 aromatic carbocycles. The van der Waals surface area contributed by atoms with Gasteiger partial charge in [-0.1, -0.05) is 0 Å². The number of carbonyl (C=O) groups excluding carboxylic acids is 2. The van der Waals surface area contributed by atoms with E-state index in [0.717, 1.165) is 0 Å². The summed E-state index contributed by atoms with van der Waals surface area (Å²) < 4.78 is 4.51. The predicted octanol–water partition coefficient (Wildman–Crippen LogP) is -0.984. The van der Waals surface area contributed by atoms with Crippen LogP contribution in [0.4, 0.5) is 0 Å². The third-order valence-electron chi connectivity index (χ3n) is 1.69. The van der Waals surface area contributed by atoms with Crippen LogP contribution in [0.5, 0.6) is 0 Å². The van der Waals surface area contributed by atoms with Crippen molar-refractivity contribution in [1.82, 2.24) is 5.32 Å². The Morgan fingerprint density at radius 2 is 2.46 bits per heavy atom. The Morgan fingerprint density at radius 3 is 2.85 bits per heavy atom. The van der Waals surface area contributed by atoms with Gasteiger partial charge >= 0.3 is 5.97 Å². The quantitative estimate of drug-likeness (QED) is 0.451. The summed E-state index contributed by atoms with van der Waals surface area (Å²) >= 11 is 5.46. The van der Waals surface area contributed by atoms with Gasteiger partial charge in [-0.2, -0.15) is 0 Å². The Hall–Kier alpha value is -0.810. The molecule has 0 aliphatic carbocycles. The van der Waals surface area contributed by atoms with Crippen molar-refractivity contribution in [3.05, 3.63) is 0 Å². The Balaban J connectivity index is 2.52. The molecule has 1 saturated heterocycles. The summed E-state index contributed by atoms with van der Waals surface area (Å²) in [6.07, 6.45) is -0.980. The maximum absolute atomic E-state index is 11.0. The van der Waals surface area contributed by atoms with Crippen molar-refractivity contribution in [2.75, 3.05) is 6.61 Å². The molecular weight excluding hydrogens is 198 g/mol. The van der Waals surface area contributed by atoms with Crippen LogP contribution in [-0.2, 0) is 14.3 Å². The zero-order valence-corrected chi connectivity index (χ0v) is 7.75. The number of aliphatic hydroxyl groups is 1. The highest BCUT2D eigenvalue weighted by Gasteiger charge is 2.37. The van der Waals surface area contributed by atoms with Crippen LogP contribution in [0.15, 0.2) is 0 Å². The highest BCUT2D eigenvalue weighted by Crippen LogP contribution is 2.07. The molecule has 1 amide bonds. The lowest BCUT2D eigenvalue weighted by Crippen LogP contribution is -2.47. The molecule has 1 aliphatic rings. The van der Waals surface area contributed by atoms with Crippen LogP contribution in [0.2, 0.25) is 0 Å². The number of nitrogens with one attached hydrogen (secondary N) is 1. The lowest BCUT2D eigenvalue weighted by molar-refractivity contribution is -0.141. The first kappa shape index (κ1) is 10.3. The standard InChI is InChI=1S/C7H10ClNO4/c1-3(8)6(11)9-5-4(10)2-13-7(5)12/h3-5,10H,2H2,1H3,(H,9,11). The second-order valence-electron chi connectivity index (χ2n) is 2.80. The molecule has 0 bridgehead atoms. The smallest absolute Gasteiger partial charge is 0.331 e. The molecule has 13 heavy (non-hydrogen) atoms. The number of ether oxygens (including phenoxy) is 1. The van der Waals surface area contributed by atoms with Crippen molar-refractivity contribution >= 4 is 23.5 Å². The SMILES string of the molecule is CC(Cl)C(=O)NC1C(=O)OCC1O. The molecule has 0 radical (unpaired) electrons. The number of halogens is 1. The van der Waals surface area contributed by atoms with Gasteiger partial charge in [0.1, 0.15) is 18.1 Å². The van der Waals surface area contributed by atoms with Crippen LogP contribution in [-0.4, -0.2) is 41.1 Å². The first-order chi connectivity index (χ1) is 6.02. The van der Waals surface area contributed by atoms with Crippen molar-refractivity contribution in [2.24, 2.45) is 0 Å². The van der Waals surface area contributed by atoms with Crippen LogP contribution in [0.3, 0.4) is 0 Å². The van der Waals surface area contributed by atoms with Crippen molar-refractivity contribution in [1.29, 1.82) is 0 Å². The third kappa shape index (κ3) is 2.32. The minimum atomic E-state index is -0.980. The summed E-state index contributed by atoms with van der Waals surface area (Å²) in [7, 11) is 0. The number of amides is 1. The zero-order valence-electron chi connectivity index (χ0n) is 6.99. The van der Waals surface area contributed by atoms with E-state index < -0.39 is 29.4 Å². The summed E-state index contributed by atoms with van der Waals surface area (Å²) in [5, 5.41) is 10.7. The summed E-state index contributed by atoms with van der Waals surface area (Å²) in [6, 6.07) is -0.978. The molecule has 0 aromatic rings. The van der Waals surface area contributed by atoms with Gasteiger partial charge in [-0.25, -0.2) is 4.79 Å². The van der Waals surface area contributed by atoms with E-state index in [9.17, 15) is 14.7 Å². The van der Waals surface area contributed by atoms with Gasteiger partial charge in [0.05, 0.1) is 0 Å².